The molecular weight excluding hydrogens is 326 g/mol. The van der Waals surface area contributed by atoms with Crippen molar-refractivity contribution in [1.29, 1.82) is 0 Å². The third-order valence-corrected chi connectivity index (χ3v) is 4.89. The first-order chi connectivity index (χ1) is 12.7. The Morgan fingerprint density at radius 3 is 2.38 bits per heavy atom. The molecule has 1 aliphatic heterocycles. The van der Waals surface area contributed by atoms with E-state index >= 15 is 0 Å². The van der Waals surface area contributed by atoms with Crippen molar-refractivity contribution in [3.63, 3.8) is 0 Å². The Balaban J connectivity index is 1.50. The first-order valence-corrected chi connectivity index (χ1v) is 9.10. The van der Waals surface area contributed by atoms with Gasteiger partial charge in [0.15, 0.2) is 0 Å². The van der Waals surface area contributed by atoms with E-state index in [1.54, 1.807) is 7.11 Å². The van der Waals surface area contributed by atoms with Gasteiger partial charge in [-0.1, -0.05) is 48.5 Å². The highest BCUT2D eigenvalue weighted by atomic mass is 16.5. The van der Waals surface area contributed by atoms with E-state index in [-0.39, 0.29) is 5.91 Å². The third-order valence-electron chi connectivity index (χ3n) is 4.89. The molecule has 0 aromatic heterocycles. The second-order valence-electron chi connectivity index (χ2n) is 6.71. The maximum atomic E-state index is 12.6. The molecule has 5 nitrogen and oxygen atoms in total. The normalized spacial score (nSPS) is 16.3. The minimum atomic E-state index is -0.474. The van der Waals surface area contributed by atoms with Gasteiger partial charge in [0, 0.05) is 38.3 Å². The molecule has 0 saturated carbocycles. The molecule has 2 N–H and O–H groups in total. The summed E-state index contributed by atoms with van der Waals surface area (Å²) in [5, 5.41) is 0. The highest BCUT2D eigenvalue weighted by Gasteiger charge is 2.25. The number of para-hydroxylation sites is 1. The fourth-order valence-corrected chi connectivity index (χ4v) is 3.39. The van der Waals surface area contributed by atoms with E-state index in [0.29, 0.717) is 6.42 Å². The first-order valence-electron chi connectivity index (χ1n) is 9.10. The van der Waals surface area contributed by atoms with E-state index in [0.717, 1.165) is 44.0 Å². The van der Waals surface area contributed by atoms with Crippen LogP contribution in [0.5, 0.6) is 5.75 Å². The average Bonchev–Trinajstić information content (AvgIpc) is 2.69. The number of nitrogens with two attached hydrogens (primary N) is 1. The standard InChI is InChI=1S/C21H27N3O2/c1-26-20-10-6-5-9-18(20)16-23-11-13-24(14-12-23)21(25)19(22)15-17-7-3-2-4-8-17/h2-10,19H,11-16,22H2,1H3. The number of hydrogen-bond acceptors (Lipinski definition) is 4. The van der Waals surface area contributed by atoms with Crippen molar-refractivity contribution in [2.24, 2.45) is 5.73 Å². The van der Waals surface area contributed by atoms with Crippen molar-refractivity contribution >= 4 is 5.91 Å². The fourth-order valence-electron chi connectivity index (χ4n) is 3.39. The fraction of sp³-hybridized carbons (Fsp3) is 0.381. The summed E-state index contributed by atoms with van der Waals surface area (Å²) in [4.78, 5) is 16.9. The zero-order valence-corrected chi connectivity index (χ0v) is 15.3. The van der Waals surface area contributed by atoms with Crippen LogP contribution in [0.15, 0.2) is 54.6 Å². The van der Waals surface area contributed by atoms with Crippen molar-refractivity contribution in [2.75, 3.05) is 33.3 Å². The molecule has 26 heavy (non-hydrogen) atoms. The van der Waals surface area contributed by atoms with E-state index in [9.17, 15) is 4.79 Å². The second kappa shape index (κ2) is 8.83. The lowest BCUT2D eigenvalue weighted by molar-refractivity contribution is -0.134. The summed E-state index contributed by atoms with van der Waals surface area (Å²) in [5.74, 6) is 0.960. The van der Waals surface area contributed by atoms with Crippen LogP contribution in [0.3, 0.4) is 0 Å². The topological polar surface area (TPSA) is 58.8 Å². The van der Waals surface area contributed by atoms with Crippen LogP contribution in [-0.2, 0) is 17.8 Å². The van der Waals surface area contributed by atoms with Crippen LogP contribution in [0.2, 0.25) is 0 Å². The summed E-state index contributed by atoms with van der Waals surface area (Å²) < 4.78 is 5.43. The number of carbonyl (C=O) groups excluding carboxylic acids is 1. The molecule has 5 heteroatoms. The summed E-state index contributed by atoms with van der Waals surface area (Å²) in [6, 6.07) is 17.6. The van der Waals surface area contributed by atoms with E-state index < -0.39 is 6.04 Å². The van der Waals surface area contributed by atoms with Gasteiger partial charge in [0.2, 0.25) is 5.91 Å². The molecule has 1 saturated heterocycles. The maximum absolute atomic E-state index is 12.6. The van der Waals surface area contributed by atoms with Gasteiger partial charge >= 0.3 is 0 Å². The van der Waals surface area contributed by atoms with Gasteiger partial charge in [0.1, 0.15) is 5.75 Å². The molecule has 2 aromatic rings. The Labute approximate surface area is 155 Å². The van der Waals surface area contributed by atoms with E-state index in [4.69, 9.17) is 10.5 Å². The minimum absolute atomic E-state index is 0.0470. The molecule has 1 heterocycles. The van der Waals surface area contributed by atoms with Gasteiger partial charge < -0.3 is 15.4 Å². The van der Waals surface area contributed by atoms with Gasteiger partial charge in [-0.05, 0) is 18.1 Å². The smallest absolute Gasteiger partial charge is 0.239 e. The molecule has 0 spiro atoms. The number of hydrogen-bond donors (Lipinski definition) is 1. The Morgan fingerprint density at radius 2 is 1.69 bits per heavy atom. The number of benzene rings is 2. The molecule has 1 fully saturated rings. The number of piperazine rings is 1. The number of amides is 1. The van der Waals surface area contributed by atoms with E-state index in [1.807, 2.05) is 53.4 Å². The molecule has 1 aliphatic rings. The summed E-state index contributed by atoms with van der Waals surface area (Å²) >= 11 is 0. The quantitative estimate of drug-likeness (QED) is 0.862. The van der Waals surface area contributed by atoms with Crippen molar-refractivity contribution in [3.8, 4) is 5.75 Å². The lowest BCUT2D eigenvalue weighted by Crippen LogP contribution is -2.53. The Kier molecular flexibility index (Phi) is 6.26. The number of rotatable bonds is 6. The molecule has 0 aliphatic carbocycles. The highest BCUT2D eigenvalue weighted by molar-refractivity contribution is 5.82. The van der Waals surface area contributed by atoms with Crippen molar-refractivity contribution in [3.05, 3.63) is 65.7 Å². The molecule has 0 radical (unpaired) electrons. The number of ether oxygens (including phenoxy) is 1. The van der Waals surface area contributed by atoms with E-state index in [1.165, 1.54) is 5.56 Å². The van der Waals surface area contributed by atoms with Gasteiger partial charge in [-0.15, -0.1) is 0 Å². The Morgan fingerprint density at radius 1 is 1.04 bits per heavy atom. The average molecular weight is 353 g/mol. The van der Waals surface area contributed by atoms with Crippen LogP contribution in [0, 0.1) is 0 Å². The SMILES string of the molecule is COc1ccccc1CN1CCN(C(=O)C(N)Cc2ccccc2)CC1. The van der Waals surface area contributed by atoms with Crippen LogP contribution < -0.4 is 10.5 Å². The zero-order chi connectivity index (χ0) is 18.4. The molecule has 0 bridgehead atoms. The van der Waals surface area contributed by atoms with Crippen LogP contribution >= 0.6 is 0 Å². The zero-order valence-electron chi connectivity index (χ0n) is 15.3. The number of nitrogens with zero attached hydrogens (tertiary/aromatic N) is 2. The number of carbonyl (C=O) groups is 1. The first kappa shape index (κ1) is 18.4. The third kappa shape index (κ3) is 4.62. The number of methoxy groups -OCH3 is 1. The summed E-state index contributed by atoms with van der Waals surface area (Å²) in [5.41, 5.74) is 8.43. The second-order valence-corrected chi connectivity index (χ2v) is 6.71. The molecule has 1 amide bonds. The van der Waals surface area contributed by atoms with Gasteiger partial charge in [-0.3, -0.25) is 9.69 Å². The lowest BCUT2D eigenvalue weighted by atomic mass is 10.1. The van der Waals surface area contributed by atoms with Gasteiger partial charge in [0.25, 0.3) is 0 Å². The monoisotopic (exact) mass is 353 g/mol. The Hall–Kier alpha value is -2.37. The highest BCUT2D eigenvalue weighted by Crippen LogP contribution is 2.20. The predicted octanol–water partition coefficient (Wildman–Crippen LogP) is 1.91. The largest absolute Gasteiger partial charge is 0.496 e. The van der Waals surface area contributed by atoms with Gasteiger partial charge in [-0.2, -0.15) is 0 Å². The molecular formula is C21H27N3O2. The summed E-state index contributed by atoms with van der Waals surface area (Å²) in [7, 11) is 1.70. The van der Waals surface area contributed by atoms with Crippen molar-refractivity contribution in [2.45, 2.75) is 19.0 Å². The van der Waals surface area contributed by atoms with Gasteiger partial charge in [0.05, 0.1) is 13.2 Å². The predicted molar refractivity (Wildman–Crippen MR) is 103 cm³/mol. The van der Waals surface area contributed by atoms with Crippen LogP contribution in [0.4, 0.5) is 0 Å². The van der Waals surface area contributed by atoms with Gasteiger partial charge in [-0.25, -0.2) is 0 Å². The summed E-state index contributed by atoms with van der Waals surface area (Å²) in [6.07, 6.45) is 0.584. The minimum Gasteiger partial charge on any atom is -0.496 e. The van der Waals surface area contributed by atoms with Crippen LogP contribution in [0.1, 0.15) is 11.1 Å². The van der Waals surface area contributed by atoms with Crippen LogP contribution in [0.25, 0.3) is 0 Å². The summed E-state index contributed by atoms with van der Waals surface area (Å²) in [6.45, 7) is 3.97. The lowest BCUT2D eigenvalue weighted by Gasteiger charge is -2.36. The molecule has 1 unspecified atom stereocenters. The Bertz CT molecular complexity index is 712. The maximum Gasteiger partial charge on any atom is 0.239 e. The van der Waals surface area contributed by atoms with Crippen molar-refractivity contribution < 1.29 is 9.53 Å². The van der Waals surface area contributed by atoms with E-state index in [2.05, 4.69) is 11.0 Å². The molecule has 138 valence electrons. The van der Waals surface area contributed by atoms with Crippen molar-refractivity contribution in [1.82, 2.24) is 9.80 Å². The molecule has 1 atom stereocenters. The molecule has 3 rings (SSSR count). The molecule has 2 aromatic carbocycles. The van der Waals surface area contributed by atoms with Crippen LogP contribution in [-0.4, -0.2) is 55.0 Å².